The number of carbonyl (C=O) groups excluding carboxylic acids is 1. The Hall–Kier alpha value is -2.60. The van der Waals surface area contributed by atoms with Gasteiger partial charge in [-0.1, -0.05) is 12.1 Å². The molecule has 0 aliphatic carbocycles. The van der Waals surface area contributed by atoms with Gasteiger partial charge in [0.2, 0.25) is 0 Å². The van der Waals surface area contributed by atoms with E-state index in [1.54, 1.807) is 24.1 Å². The molecule has 0 spiro atoms. The topological polar surface area (TPSA) is 50.8 Å². The number of methoxy groups -OCH3 is 1. The van der Waals surface area contributed by atoms with Crippen LogP contribution in [0.2, 0.25) is 0 Å². The molecule has 6 heteroatoms. The van der Waals surface area contributed by atoms with E-state index < -0.39 is 0 Å². The standard InChI is InChI=1S/C21H23FN2O3/c1-26-17-8-9-18-15(13-17)10-11-24(18)21(25)23-20(19-3-2-12-27-19)14-4-6-16(22)7-5-14/h4-9,13,19-20H,2-3,10-12H2,1H3,(H,23,25)/t19-,20+/m0/s1. The zero-order chi connectivity index (χ0) is 18.8. The number of benzene rings is 2. The Bertz CT molecular complexity index is 819. The lowest BCUT2D eigenvalue weighted by Crippen LogP contribution is -2.44. The van der Waals surface area contributed by atoms with Crippen LogP contribution in [0.4, 0.5) is 14.9 Å². The first kappa shape index (κ1) is 17.8. The summed E-state index contributed by atoms with van der Waals surface area (Å²) < 4.78 is 24.4. The van der Waals surface area contributed by atoms with Crippen LogP contribution in [0.1, 0.15) is 30.0 Å². The van der Waals surface area contributed by atoms with Gasteiger partial charge in [-0.25, -0.2) is 9.18 Å². The molecule has 4 rings (SSSR count). The summed E-state index contributed by atoms with van der Waals surface area (Å²) in [6.45, 7) is 1.31. The molecule has 2 aromatic rings. The highest BCUT2D eigenvalue weighted by Gasteiger charge is 2.32. The number of hydrogen-bond acceptors (Lipinski definition) is 3. The van der Waals surface area contributed by atoms with Crippen LogP contribution >= 0.6 is 0 Å². The van der Waals surface area contributed by atoms with Gasteiger partial charge in [-0.2, -0.15) is 0 Å². The quantitative estimate of drug-likeness (QED) is 0.890. The number of carbonyl (C=O) groups is 1. The fourth-order valence-electron chi connectivity index (χ4n) is 3.85. The third-order valence-corrected chi connectivity index (χ3v) is 5.27. The second kappa shape index (κ2) is 7.56. The third-order valence-electron chi connectivity index (χ3n) is 5.27. The lowest BCUT2D eigenvalue weighted by atomic mass is 9.99. The summed E-state index contributed by atoms with van der Waals surface area (Å²) in [5.41, 5.74) is 2.85. The minimum Gasteiger partial charge on any atom is -0.497 e. The van der Waals surface area contributed by atoms with Gasteiger partial charge in [-0.3, -0.25) is 4.90 Å². The largest absolute Gasteiger partial charge is 0.497 e. The molecule has 27 heavy (non-hydrogen) atoms. The molecule has 1 saturated heterocycles. The van der Waals surface area contributed by atoms with Crippen molar-refractivity contribution < 1.29 is 18.7 Å². The predicted octanol–water partition coefficient (Wildman–Crippen LogP) is 3.83. The van der Waals surface area contributed by atoms with E-state index in [1.807, 2.05) is 18.2 Å². The molecule has 2 aliphatic rings. The van der Waals surface area contributed by atoms with Crippen LogP contribution in [0, 0.1) is 5.82 Å². The van der Waals surface area contributed by atoms with Crippen molar-refractivity contribution >= 4 is 11.7 Å². The molecule has 2 aromatic carbocycles. The minimum absolute atomic E-state index is 0.0997. The average molecular weight is 370 g/mol. The number of urea groups is 1. The Morgan fingerprint density at radius 2 is 2.11 bits per heavy atom. The normalized spacial score (nSPS) is 19.6. The molecule has 0 bridgehead atoms. The van der Waals surface area contributed by atoms with Crippen LogP contribution in [0.25, 0.3) is 0 Å². The van der Waals surface area contributed by atoms with Crippen LogP contribution in [0.5, 0.6) is 5.75 Å². The van der Waals surface area contributed by atoms with Crippen molar-refractivity contribution in [1.29, 1.82) is 0 Å². The number of nitrogens with one attached hydrogen (secondary N) is 1. The lowest BCUT2D eigenvalue weighted by molar-refractivity contribution is 0.0811. The number of hydrogen-bond donors (Lipinski definition) is 1. The molecule has 1 N–H and O–H groups in total. The number of anilines is 1. The predicted molar refractivity (Wildman–Crippen MR) is 101 cm³/mol. The molecule has 1 fully saturated rings. The first-order chi connectivity index (χ1) is 13.2. The summed E-state index contributed by atoms with van der Waals surface area (Å²) >= 11 is 0. The number of amides is 2. The molecule has 2 atom stereocenters. The van der Waals surface area contributed by atoms with Crippen molar-refractivity contribution in [3.05, 3.63) is 59.4 Å². The van der Waals surface area contributed by atoms with E-state index in [1.165, 1.54) is 12.1 Å². The van der Waals surface area contributed by atoms with E-state index in [4.69, 9.17) is 9.47 Å². The molecule has 0 radical (unpaired) electrons. The van der Waals surface area contributed by atoms with E-state index in [2.05, 4.69) is 5.32 Å². The van der Waals surface area contributed by atoms with E-state index in [0.29, 0.717) is 13.2 Å². The molecule has 142 valence electrons. The van der Waals surface area contributed by atoms with Gasteiger partial charge in [-0.05, 0) is 60.7 Å². The van der Waals surface area contributed by atoms with Crippen LogP contribution in [-0.4, -0.2) is 32.4 Å². The summed E-state index contributed by atoms with van der Waals surface area (Å²) in [5, 5.41) is 3.11. The number of rotatable bonds is 4. The molecule has 0 saturated carbocycles. The Balaban J connectivity index is 1.55. The monoisotopic (exact) mass is 370 g/mol. The second-order valence-corrected chi connectivity index (χ2v) is 6.93. The SMILES string of the molecule is COc1ccc2c(c1)CCN2C(=O)N[C@H](c1ccc(F)cc1)[C@@H]1CCCO1. The van der Waals surface area contributed by atoms with Crippen molar-refractivity contribution in [2.24, 2.45) is 0 Å². The lowest BCUT2D eigenvalue weighted by Gasteiger charge is -2.28. The van der Waals surface area contributed by atoms with Gasteiger partial charge in [0, 0.05) is 18.8 Å². The van der Waals surface area contributed by atoms with Crippen molar-refractivity contribution in [2.45, 2.75) is 31.4 Å². The molecule has 0 aromatic heterocycles. The Morgan fingerprint density at radius 1 is 1.30 bits per heavy atom. The molecule has 2 heterocycles. The molecule has 5 nitrogen and oxygen atoms in total. The molecule has 2 amide bonds. The second-order valence-electron chi connectivity index (χ2n) is 6.93. The summed E-state index contributed by atoms with van der Waals surface area (Å²) in [4.78, 5) is 14.8. The van der Waals surface area contributed by atoms with E-state index >= 15 is 0 Å². The number of halogens is 1. The molecular weight excluding hydrogens is 347 g/mol. The highest BCUT2D eigenvalue weighted by molar-refractivity contribution is 5.94. The maximum Gasteiger partial charge on any atom is 0.322 e. The Labute approximate surface area is 158 Å². The van der Waals surface area contributed by atoms with Crippen LogP contribution in [0.15, 0.2) is 42.5 Å². The highest BCUT2D eigenvalue weighted by Crippen LogP contribution is 2.33. The van der Waals surface area contributed by atoms with Crippen LogP contribution < -0.4 is 15.0 Å². The summed E-state index contributed by atoms with van der Waals surface area (Å²) in [6.07, 6.45) is 2.53. The van der Waals surface area contributed by atoms with Crippen LogP contribution in [0.3, 0.4) is 0 Å². The van der Waals surface area contributed by atoms with Crippen molar-refractivity contribution in [3.63, 3.8) is 0 Å². The molecule has 0 unspecified atom stereocenters. The van der Waals surface area contributed by atoms with E-state index in [9.17, 15) is 9.18 Å². The zero-order valence-corrected chi connectivity index (χ0v) is 15.3. The van der Waals surface area contributed by atoms with Gasteiger partial charge in [0.05, 0.1) is 19.3 Å². The fourth-order valence-corrected chi connectivity index (χ4v) is 3.85. The zero-order valence-electron chi connectivity index (χ0n) is 15.3. The van der Waals surface area contributed by atoms with Gasteiger partial charge >= 0.3 is 6.03 Å². The molecular formula is C21H23FN2O3. The van der Waals surface area contributed by atoms with Gasteiger partial charge in [0.1, 0.15) is 11.6 Å². The highest BCUT2D eigenvalue weighted by atomic mass is 19.1. The minimum atomic E-state index is -0.303. The summed E-state index contributed by atoms with van der Waals surface area (Å²) in [5.74, 6) is 0.498. The smallest absolute Gasteiger partial charge is 0.322 e. The van der Waals surface area contributed by atoms with Crippen molar-refractivity contribution in [1.82, 2.24) is 5.32 Å². The van der Waals surface area contributed by atoms with Crippen molar-refractivity contribution in [3.8, 4) is 5.75 Å². The van der Waals surface area contributed by atoms with E-state index in [-0.39, 0.29) is 24.0 Å². The Morgan fingerprint density at radius 3 is 2.81 bits per heavy atom. The third kappa shape index (κ3) is 3.62. The van der Waals surface area contributed by atoms with Gasteiger partial charge in [0.25, 0.3) is 0 Å². The molecule has 2 aliphatic heterocycles. The average Bonchev–Trinajstić information content (AvgIpc) is 3.36. The van der Waals surface area contributed by atoms with Crippen molar-refractivity contribution in [2.75, 3.05) is 25.2 Å². The van der Waals surface area contributed by atoms with Gasteiger partial charge in [0.15, 0.2) is 0 Å². The first-order valence-electron chi connectivity index (χ1n) is 9.28. The Kier molecular flexibility index (Phi) is 4.99. The number of nitrogens with zero attached hydrogens (tertiary/aromatic N) is 1. The van der Waals surface area contributed by atoms with Crippen LogP contribution in [-0.2, 0) is 11.2 Å². The maximum atomic E-state index is 13.3. The summed E-state index contributed by atoms with van der Waals surface area (Å²) in [7, 11) is 1.63. The number of ether oxygens (including phenoxy) is 2. The van der Waals surface area contributed by atoms with Gasteiger partial charge < -0.3 is 14.8 Å². The van der Waals surface area contributed by atoms with Gasteiger partial charge in [-0.15, -0.1) is 0 Å². The fraction of sp³-hybridized carbons (Fsp3) is 0.381. The maximum absolute atomic E-state index is 13.3. The first-order valence-corrected chi connectivity index (χ1v) is 9.28. The number of fused-ring (bicyclic) bond motifs is 1. The summed E-state index contributed by atoms with van der Waals surface area (Å²) in [6, 6.07) is 11.5. The van der Waals surface area contributed by atoms with E-state index in [0.717, 1.165) is 41.8 Å².